The summed E-state index contributed by atoms with van der Waals surface area (Å²) in [7, 11) is 0. The van der Waals surface area contributed by atoms with Crippen molar-refractivity contribution in [1.29, 1.82) is 0 Å². The van der Waals surface area contributed by atoms with Gasteiger partial charge in [0.25, 0.3) is 0 Å². The maximum Gasteiger partial charge on any atom is 0.0951 e. The number of halogens is 2. The zero-order valence-electron chi connectivity index (χ0n) is 8.64. The van der Waals surface area contributed by atoms with Gasteiger partial charge in [-0.3, -0.25) is 0 Å². The van der Waals surface area contributed by atoms with Crippen LogP contribution in [0.1, 0.15) is 11.3 Å². The Morgan fingerprint density at radius 1 is 1.38 bits per heavy atom. The van der Waals surface area contributed by atoms with Crippen molar-refractivity contribution in [3.8, 4) is 0 Å². The van der Waals surface area contributed by atoms with Crippen LogP contribution in [0.3, 0.4) is 0 Å². The van der Waals surface area contributed by atoms with Crippen molar-refractivity contribution in [2.45, 2.75) is 13.1 Å². The molecule has 2 aromatic rings. The molecule has 0 bridgehead atoms. The second-order valence-electron chi connectivity index (χ2n) is 3.35. The van der Waals surface area contributed by atoms with Gasteiger partial charge in [0.1, 0.15) is 0 Å². The topological polar surface area (TPSA) is 43.8 Å². The summed E-state index contributed by atoms with van der Waals surface area (Å²) in [4.78, 5) is 4.08. The molecule has 2 rings (SSSR count). The summed E-state index contributed by atoms with van der Waals surface area (Å²) in [5.41, 5.74) is 7.89. The molecule has 0 unspecified atom stereocenters. The first-order valence-electron chi connectivity index (χ1n) is 4.73. The molecule has 86 valence electrons. The lowest BCUT2D eigenvalue weighted by Gasteiger charge is -2.06. The first kappa shape index (κ1) is 13.2. The Morgan fingerprint density at radius 2 is 2.19 bits per heavy atom. The summed E-state index contributed by atoms with van der Waals surface area (Å²) in [6.07, 6.45) is 3.61. The van der Waals surface area contributed by atoms with Gasteiger partial charge in [0.2, 0.25) is 0 Å². The Bertz CT molecular complexity index is 456. The predicted octanol–water partition coefficient (Wildman–Crippen LogP) is 2.57. The van der Waals surface area contributed by atoms with Gasteiger partial charge in [-0.05, 0) is 17.7 Å². The van der Waals surface area contributed by atoms with Gasteiger partial charge in [0.05, 0.1) is 12.0 Å². The van der Waals surface area contributed by atoms with Crippen LogP contribution in [0.15, 0.2) is 41.3 Å². The molecule has 5 heteroatoms. The first-order valence-corrected chi connectivity index (χ1v) is 5.52. The summed E-state index contributed by atoms with van der Waals surface area (Å²) in [5.74, 6) is 0. The lowest BCUT2D eigenvalue weighted by atomic mass is 10.2. The van der Waals surface area contributed by atoms with Gasteiger partial charge in [0.15, 0.2) is 0 Å². The summed E-state index contributed by atoms with van der Waals surface area (Å²) in [5, 5.41) is 0. The third-order valence-electron chi connectivity index (χ3n) is 2.25. The van der Waals surface area contributed by atoms with E-state index in [1.54, 1.807) is 6.20 Å². The van der Waals surface area contributed by atoms with Crippen molar-refractivity contribution in [2.24, 2.45) is 5.73 Å². The van der Waals surface area contributed by atoms with Gasteiger partial charge in [-0.15, -0.1) is 12.4 Å². The summed E-state index contributed by atoms with van der Waals surface area (Å²) < 4.78 is 3.15. The van der Waals surface area contributed by atoms with E-state index in [4.69, 9.17) is 5.73 Å². The van der Waals surface area contributed by atoms with Gasteiger partial charge < -0.3 is 10.3 Å². The summed E-state index contributed by atoms with van der Waals surface area (Å²) in [6, 6.07) is 8.23. The normalized spacial score (nSPS) is 9.88. The second kappa shape index (κ2) is 6.03. The average molecular weight is 303 g/mol. The number of nitrogens with two attached hydrogens (primary N) is 1. The molecule has 1 aromatic heterocycles. The Kier molecular flexibility index (Phi) is 4.99. The molecule has 16 heavy (non-hydrogen) atoms. The van der Waals surface area contributed by atoms with Crippen LogP contribution >= 0.6 is 28.3 Å². The zero-order valence-corrected chi connectivity index (χ0v) is 11.0. The van der Waals surface area contributed by atoms with Crippen molar-refractivity contribution in [1.82, 2.24) is 9.55 Å². The van der Waals surface area contributed by atoms with Crippen LogP contribution in [-0.2, 0) is 13.1 Å². The SMILES string of the molecule is Cl.NCc1cncn1Cc1cccc(Br)c1. The van der Waals surface area contributed by atoms with E-state index in [9.17, 15) is 0 Å². The Balaban J connectivity index is 0.00000128. The number of nitrogens with zero attached hydrogens (tertiary/aromatic N) is 2. The van der Waals surface area contributed by atoms with E-state index >= 15 is 0 Å². The van der Waals surface area contributed by atoms with E-state index < -0.39 is 0 Å². The van der Waals surface area contributed by atoms with E-state index in [1.165, 1.54) is 5.56 Å². The molecule has 0 fully saturated rings. The predicted molar refractivity (Wildman–Crippen MR) is 70.6 cm³/mol. The number of rotatable bonds is 3. The monoisotopic (exact) mass is 301 g/mol. The fourth-order valence-corrected chi connectivity index (χ4v) is 1.94. The van der Waals surface area contributed by atoms with E-state index in [2.05, 4.69) is 37.6 Å². The quantitative estimate of drug-likeness (QED) is 0.947. The molecule has 1 heterocycles. The smallest absolute Gasteiger partial charge is 0.0951 e. The molecule has 1 aromatic carbocycles. The molecule has 0 amide bonds. The van der Waals surface area contributed by atoms with Gasteiger partial charge >= 0.3 is 0 Å². The van der Waals surface area contributed by atoms with Crippen LogP contribution in [0.4, 0.5) is 0 Å². The number of hydrogen-bond acceptors (Lipinski definition) is 2. The molecular formula is C11H13BrClN3. The van der Waals surface area contributed by atoms with E-state index in [0.717, 1.165) is 16.7 Å². The molecule has 0 aliphatic carbocycles. The average Bonchev–Trinajstić information content (AvgIpc) is 2.65. The largest absolute Gasteiger partial charge is 0.329 e. The lowest BCUT2D eigenvalue weighted by molar-refractivity contribution is 0.740. The van der Waals surface area contributed by atoms with Crippen LogP contribution in [-0.4, -0.2) is 9.55 Å². The van der Waals surface area contributed by atoms with Crippen LogP contribution < -0.4 is 5.73 Å². The lowest BCUT2D eigenvalue weighted by Crippen LogP contribution is -2.07. The number of hydrogen-bond donors (Lipinski definition) is 1. The minimum absolute atomic E-state index is 0. The molecule has 0 spiro atoms. The zero-order chi connectivity index (χ0) is 10.7. The minimum Gasteiger partial charge on any atom is -0.329 e. The van der Waals surface area contributed by atoms with Crippen LogP contribution in [0.2, 0.25) is 0 Å². The van der Waals surface area contributed by atoms with Gasteiger partial charge in [-0.1, -0.05) is 28.1 Å². The standard InChI is InChI=1S/C11H12BrN3.ClH/c12-10-3-1-2-9(4-10)7-15-8-14-6-11(15)5-13;/h1-4,6,8H,5,7,13H2;1H. The van der Waals surface area contributed by atoms with Crippen molar-refractivity contribution in [3.05, 3.63) is 52.5 Å². The van der Waals surface area contributed by atoms with E-state index in [1.807, 2.05) is 18.5 Å². The van der Waals surface area contributed by atoms with Crippen molar-refractivity contribution < 1.29 is 0 Å². The van der Waals surface area contributed by atoms with Crippen molar-refractivity contribution >= 4 is 28.3 Å². The highest BCUT2D eigenvalue weighted by atomic mass is 79.9. The molecule has 3 nitrogen and oxygen atoms in total. The first-order chi connectivity index (χ1) is 7.29. The highest BCUT2D eigenvalue weighted by Crippen LogP contribution is 2.13. The number of imidazole rings is 1. The number of benzene rings is 1. The molecule has 0 aliphatic rings. The molecule has 2 N–H and O–H groups in total. The molecule has 0 atom stereocenters. The fraction of sp³-hybridized carbons (Fsp3) is 0.182. The fourth-order valence-electron chi connectivity index (χ4n) is 1.49. The summed E-state index contributed by atoms with van der Waals surface area (Å²) in [6.45, 7) is 1.33. The minimum atomic E-state index is 0. The van der Waals surface area contributed by atoms with Crippen molar-refractivity contribution in [2.75, 3.05) is 0 Å². The Morgan fingerprint density at radius 3 is 2.88 bits per heavy atom. The third-order valence-corrected chi connectivity index (χ3v) is 2.74. The maximum absolute atomic E-state index is 5.61. The second-order valence-corrected chi connectivity index (χ2v) is 4.26. The van der Waals surface area contributed by atoms with Gasteiger partial charge in [-0.2, -0.15) is 0 Å². The molecule has 0 aliphatic heterocycles. The van der Waals surface area contributed by atoms with Gasteiger partial charge in [0, 0.05) is 23.8 Å². The van der Waals surface area contributed by atoms with E-state index in [0.29, 0.717) is 6.54 Å². The van der Waals surface area contributed by atoms with E-state index in [-0.39, 0.29) is 12.4 Å². The van der Waals surface area contributed by atoms with Crippen LogP contribution in [0.5, 0.6) is 0 Å². The summed E-state index contributed by atoms with van der Waals surface area (Å²) >= 11 is 3.45. The van der Waals surface area contributed by atoms with Crippen molar-refractivity contribution in [3.63, 3.8) is 0 Å². The maximum atomic E-state index is 5.61. The molecular weight excluding hydrogens is 289 g/mol. The third kappa shape index (κ3) is 3.07. The molecule has 0 saturated heterocycles. The highest BCUT2D eigenvalue weighted by molar-refractivity contribution is 9.10. The number of aromatic nitrogens is 2. The van der Waals surface area contributed by atoms with Gasteiger partial charge in [-0.25, -0.2) is 4.98 Å². The highest BCUT2D eigenvalue weighted by Gasteiger charge is 2.00. The van der Waals surface area contributed by atoms with Crippen LogP contribution in [0, 0.1) is 0 Å². The Labute approximate surface area is 109 Å². The molecule has 0 saturated carbocycles. The Hall–Kier alpha value is -0.840. The molecule has 0 radical (unpaired) electrons. The van der Waals surface area contributed by atoms with Crippen LogP contribution in [0.25, 0.3) is 0 Å².